The molecule has 2 unspecified atom stereocenters. The van der Waals surface area contributed by atoms with Crippen LogP contribution in [0, 0.1) is 4.77 Å². The van der Waals surface area contributed by atoms with E-state index in [1.807, 2.05) is 0 Å². The Balaban J connectivity index is 1.65. The minimum absolute atomic E-state index is 0.556. The zero-order valence-corrected chi connectivity index (χ0v) is 10.9. The van der Waals surface area contributed by atoms with E-state index in [1.54, 1.807) is 0 Å². The lowest BCUT2D eigenvalue weighted by atomic mass is 10.1. The van der Waals surface area contributed by atoms with Gasteiger partial charge >= 0.3 is 0 Å². The summed E-state index contributed by atoms with van der Waals surface area (Å²) in [4.78, 5) is 0. The van der Waals surface area contributed by atoms with E-state index in [9.17, 15) is 0 Å². The van der Waals surface area contributed by atoms with Crippen molar-refractivity contribution < 1.29 is 0 Å². The SMILES string of the molecule is S=c1[nH]nc(C2CC2c2ccccc2)n1C1CC1. The average molecular weight is 257 g/mol. The summed E-state index contributed by atoms with van der Waals surface area (Å²) in [5.74, 6) is 2.37. The van der Waals surface area contributed by atoms with E-state index in [0.29, 0.717) is 17.9 Å². The van der Waals surface area contributed by atoms with Crippen LogP contribution in [0.2, 0.25) is 0 Å². The molecular formula is C14H15N3S. The zero-order valence-electron chi connectivity index (χ0n) is 10.0. The number of nitrogens with one attached hydrogen (secondary N) is 1. The molecule has 2 atom stereocenters. The molecule has 0 saturated heterocycles. The first kappa shape index (κ1) is 10.5. The number of hydrogen-bond acceptors (Lipinski definition) is 2. The Morgan fingerprint density at radius 1 is 1.17 bits per heavy atom. The number of aromatic nitrogens is 3. The Kier molecular flexibility index (Phi) is 2.21. The van der Waals surface area contributed by atoms with Gasteiger partial charge in [0.15, 0.2) is 4.77 Å². The maximum absolute atomic E-state index is 5.34. The van der Waals surface area contributed by atoms with Crippen molar-refractivity contribution in [3.63, 3.8) is 0 Å². The molecule has 2 aromatic rings. The molecule has 18 heavy (non-hydrogen) atoms. The van der Waals surface area contributed by atoms with Crippen LogP contribution >= 0.6 is 12.2 Å². The maximum atomic E-state index is 5.34. The van der Waals surface area contributed by atoms with Gasteiger partial charge in [0.05, 0.1) is 0 Å². The molecule has 2 fully saturated rings. The highest BCUT2D eigenvalue weighted by Gasteiger charge is 2.44. The third kappa shape index (κ3) is 1.63. The zero-order chi connectivity index (χ0) is 12.1. The molecule has 2 aliphatic rings. The molecule has 0 radical (unpaired) electrons. The molecule has 0 amide bonds. The lowest BCUT2D eigenvalue weighted by Gasteiger charge is -2.04. The molecule has 2 aliphatic carbocycles. The van der Waals surface area contributed by atoms with E-state index in [4.69, 9.17) is 12.2 Å². The molecule has 92 valence electrons. The van der Waals surface area contributed by atoms with Crippen molar-refractivity contribution in [3.8, 4) is 0 Å². The van der Waals surface area contributed by atoms with Crippen LogP contribution in [0.5, 0.6) is 0 Å². The largest absolute Gasteiger partial charge is 0.301 e. The van der Waals surface area contributed by atoms with Crippen molar-refractivity contribution in [1.29, 1.82) is 0 Å². The van der Waals surface area contributed by atoms with Gasteiger partial charge in [0, 0.05) is 12.0 Å². The molecule has 3 nitrogen and oxygen atoms in total. The molecule has 4 heteroatoms. The number of aromatic amines is 1. The standard InChI is InChI=1S/C14H15N3S/c18-14-16-15-13(17(14)10-6-7-10)12-8-11(12)9-4-2-1-3-5-9/h1-5,10-12H,6-8H2,(H,16,18). The van der Waals surface area contributed by atoms with Crippen molar-refractivity contribution in [2.24, 2.45) is 0 Å². The Labute approximate surface area is 111 Å². The molecule has 0 bridgehead atoms. The molecule has 1 N–H and O–H groups in total. The van der Waals surface area contributed by atoms with Gasteiger partial charge in [-0.2, -0.15) is 5.10 Å². The van der Waals surface area contributed by atoms with Gasteiger partial charge in [-0.15, -0.1) is 0 Å². The van der Waals surface area contributed by atoms with Gasteiger partial charge in [-0.25, -0.2) is 0 Å². The quantitative estimate of drug-likeness (QED) is 0.853. The summed E-state index contributed by atoms with van der Waals surface area (Å²) in [7, 11) is 0. The summed E-state index contributed by atoms with van der Waals surface area (Å²) in [5.41, 5.74) is 1.43. The predicted octanol–water partition coefficient (Wildman–Crippen LogP) is 3.55. The monoisotopic (exact) mass is 257 g/mol. The number of H-pyrrole nitrogens is 1. The lowest BCUT2D eigenvalue weighted by molar-refractivity contribution is 0.671. The second kappa shape index (κ2) is 3.79. The Morgan fingerprint density at radius 3 is 2.67 bits per heavy atom. The normalized spacial score (nSPS) is 26.2. The molecule has 0 aliphatic heterocycles. The number of rotatable bonds is 3. The fourth-order valence-electron chi connectivity index (χ4n) is 2.81. The van der Waals surface area contributed by atoms with Crippen LogP contribution in [0.15, 0.2) is 30.3 Å². The second-order valence-electron chi connectivity index (χ2n) is 5.35. The van der Waals surface area contributed by atoms with Crippen LogP contribution in [0.1, 0.15) is 48.5 Å². The van der Waals surface area contributed by atoms with Crippen molar-refractivity contribution in [3.05, 3.63) is 46.5 Å². The average Bonchev–Trinajstić information content (AvgIpc) is 3.31. The summed E-state index contributed by atoms with van der Waals surface area (Å²) in [6.45, 7) is 0. The first-order chi connectivity index (χ1) is 8.84. The summed E-state index contributed by atoms with van der Waals surface area (Å²) in [6, 6.07) is 11.3. The van der Waals surface area contributed by atoms with Crippen LogP contribution in [-0.4, -0.2) is 14.8 Å². The van der Waals surface area contributed by atoms with E-state index in [0.717, 1.165) is 4.77 Å². The fraction of sp³-hybridized carbons (Fsp3) is 0.429. The van der Waals surface area contributed by atoms with E-state index in [1.165, 1.54) is 30.7 Å². The van der Waals surface area contributed by atoms with Crippen LogP contribution in [-0.2, 0) is 0 Å². The van der Waals surface area contributed by atoms with Crippen molar-refractivity contribution in [1.82, 2.24) is 14.8 Å². The lowest BCUT2D eigenvalue weighted by Crippen LogP contribution is -2.01. The molecule has 4 rings (SSSR count). The van der Waals surface area contributed by atoms with Gasteiger partial charge in [-0.3, -0.25) is 5.10 Å². The summed E-state index contributed by atoms with van der Waals surface area (Å²) >= 11 is 5.34. The van der Waals surface area contributed by atoms with Gasteiger partial charge in [0.2, 0.25) is 0 Å². The van der Waals surface area contributed by atoms with Gasteiger partial charge < -0.3 is 4.57 Å². The summed E-state index contributed by atoms with van der Waals surface area (Å²) < 4.78 is 3.05. The molecule has 1 heterocycles. The summed E-state index contributed by atoms with van der Waals surface area (Å²) in [6.07, 6.45) is 3.71. The molecule has 1 aromatic heterocycles. The van der Waals surface area contributed by atoms with Crippen LogP contribution in [0.25, 0.3) is 0 Å². The fourth-order valence-corrected chi connectivity index (χ4v) is 3.10. The highest BCUT2D eigenvalue weighted by Crippen LogP contribution is 2.55. The number of nitrogens with zero attached hydrogens (tertiary/aromatic N) is 2. The first-order valence-corrected chi connectivity index (χ1v) is 6.97. The Bertz CT molecular complexity index is 624. The highest BCUT2D eigenvalue weighted by molar-refractivity contribution is 7.71. The molecule has 0 spiro atoms. The van der Waals surface area contributed by atoms with Gasteiger partial charge in [-0.1, -0.05) is 30.3 Å². The molecular weight excluding hydrogens is 242 g/mol. The van der Waals surface area contributed by atoms with Crippen LogP contribution in [0.3, 0.4) is 0 Å². The number of benzene rings is 1. The van der Waals surface area contributed by atoms with Crippen molar-refractivity contribution in [2.45, 2.75) is 37.1 Å². The van der Waals surface area contributed by atoms with E-state index < -0.39 is 0 Å². The van der Waals surface area contributed by atoms with Crippen molar-refractivity contribution >= 4 is 12.2 Å². The van der Waals surface area contributed by atoms with Gasteiger partial charge in [0.1, 0.15) is 5.82 Å². The molecule has 2 saturated carbocycles. The third-order valence-electron chi connectivity index (χ3n) is 3.99. The summed E-state index contributed by atoms with van der Waals surface area (Å²) in [5, 5.41) is 7.43. The second-order valence-corrected chi connectivity index (χ2v) is 5.73. The van der Waals surface area contributed by atoms with E-state index >= 15 is 0 Å². The minimum atomic E-state index is 0.556. The Morgan fingerprint density at radius 2 is 1.94 bits per heavy atom. The van der Waals surface area contributed by atoms with E-state index in [2.05, 4.69) is 45.1 Å². The Hall–Kier alpha value is -1.42. The van der Waals surface area contributed by atoms with E-state index in [-0.39, 0.29) is 0 Å². The van der Waals surface area contributed by atoms with Gasteiger partial charge in [-0.05, 0) is 43.0 Å². The first-order valence-electron chi connectivity index (χ1n) is 6.56. The smallest absolute Gasteiger partial charge is 0.195 e. The topological polar surface area (TPSA) is 33.6 Å². The number of hydrogen-bond donors (Lipinski definition) is 1. The molecule has 1 aromatic carbocycles. The van der Waals surface area contributed by atoms with Crippen molar-refractivity contribution in [2.75, 3.05) is 0 Å². The van der Waals surface area contributed by atoms with Crippen LogP contribution in [0.4, 0.5) is 0 Å². The van der Waals surface area contributed by atoms with Gasteiger partial charge in [0.25, 0.3) is 0 Å². The minimum Gasteiger partial charge on any atom is -0.301 e. The third-order valence-corrected chi connectivity index (χ3v) is 4.28. The predicted molar refractivity (Wildman–Crippen MR) is 72.2 cm³/mol. The van der Waals surface area contributed by atoms with Crippen LogP contribution < -0.4 is 0 Å². The maximum Gasteiger partial charge on any atom is 0.195 e. The highest BCUT2D eigenvalue weighted by atomic mass is 32.1.